The van der Waals surface area contributed by atoms with Crippen molar-refractivity contribution in [1.29, 1.82) is 0 Å². The van der Waals surface area contributed by atoms with Gasteiger partial charge in [0.25, 0.3) is 0 Å². The van der Waals surface area contributed by atoms with Crippen LogP contribution in [0.1, 0.15) is 36.8 Å². The van der Waals surface area contributed by atoms with Crippen LogP contribution in [0.25, 0.3) is 0 Å². The number of nitrogens with zero attached hydrogens (tertiary/aromatic N) is 1. The molecule has 0 unspecified atom stereocenters. The molecular weight excluding hydrogens is 240 g/mol. The van der Waals surface area contributed by atoms with Gasteiger partial charge in [-0.15, -0.1) is 12.4 Å². The molecule has 0 amide bonds. The van der Waals surface area contributed by atoms with Crippen LogP contribution in [0, 0.1) is 13.8 Å². The second-order valence-electron chi connectivity index (χ2n) is 3.88. The van der Waals surface area contributed by atoms with Crippen molar-refractivity contribution in [3.63, 3.8) is 0 Å². The van der Waals surface area contributed by atoms with E-state index in [2.05, 4.69) is 10.5 Å². The van der Waals surface area contributed by atoms with E-state index in [4.69, 9.17) is 9.26 Å². The number of unbranched alkanes of at least 4 members (excludes halogenated alkanes) is 1. The Kier molecular flexibility index (Phi) is 9.13. The second-order valence-corrected chi connectivity index (χ2v) is 3.88. The summed E-state index contributed by atoms with van der Waals surface area (Å²) in [5, 5.41) is 7.31. The summed E-state index contributed by atoms with van der Waals surface area (Å²) in [5.41, 5.74) is 2.17. The predicted molar refractivity (Wildman–Crippen MR) is 70.7 cm³/mol. The van der Waals surface area contributed by atoms with Gasteiger partial charge < -0.3 is 14.6 Å². The summed E-state index contributed by atoms with van der Waals surface area (Å²) in [7, 11) is 0. The fourth-order valence-electron chi connectivity index (χ4n) is 1.57. The molecule has 0 fully saturated rings. The van der Waals surface area contributed by atoms with Crippen molar-refractivity contribution in [2.75, 3.05) is 19.8 Å². The Morgan fingerprint density at radius 3 is 2.65 bits per heavy atom. The number of nitrogens with one attached hydrogen (secondary N) is 1. The Hall–Kier alpha value is -0.580. The molecule has 0 aliphatic rings. The first-order chi connectivity index (χ1) is 7.75. The summed E-state index contributed by atoms with van der Waals surface area (Å²) >= 11 is 0. The molecule has 0 aliphatic carbocycles. The summed E-state index contributed by atoms with van der Waals surface area (Å²) in [6.07, 6.45) is 2.26. The number of hydrogen-bond acceptors (Lipinski definition) is 4. The van der Waals surface area contributed by atoms with Crippen molar-refractivity contribution in [3.05, 3.63) is 17.0 Å². The largest absolute Gasteiger partial charge is 0.382 e. The lowest BCUT2D eigenvalue weighted by Gasteiger charge is -2.04. The van der Waals surface area contributed by atoms with Gasteiger partial charge in [0.2, 0.25) is 0 Å². The van der Waals surface area contributed by atoms with Gasteiger partial charge in [0.15, 0.2) is 0 Å². The summed E-state index contributed by atoms with van der Waals surface area (Å²) < 4.78 is 10.4. The Bertz CT molecular complexity index is 283. The molecule has 5 heteroatoms. The average molecular weight is 263 g/mol. The van der Waals surface area contributed by atoms with E-state index < -0.39 is 0 Å². The maximum Gasteiger partial charge on any atom is 0.138 e. The molecule has 1 aromatic rings. The molecular formula is C12H23ClN2O2. The summed E-state index contributed by atoms with van der Waals surface area (Å²) in [4.78, 5) is 0. The molecule has 1 aromatic heterocycles. The number of rotatable bonds is 8. The van der Waals surface area contributed by atoms with Gasteiger partial charge >= 0.3 is 0 Å². The smallest absolute Gasteiger partial charge is 0.138 e. The van der Waals surface area contributed by atoms with Crippen LogP contribution in [-0.2, 0) is 11.3 Å². The monoisotopic (exact) mass is 262 g/mol. The minimum absolute atomic E-state index is 0. The van der Waals surface area contributed by atoms with Gasteiger partial charge in [-0.1, -0.05) is 5.16 Å². The van der Waals surface area contributed by atoms with Gasteiger partial charge in [0.05, 0.1) is 5.69 Å². The van der Waals surface area contributed by atoms with Crippen LogP contribution in [0.5, 0.6) is 0 Å². The minimum atomic E-state index is 0. The van der Waals surface area contributed by atoms with Crippen molar-refractivity contribution in [2.24, 2.45) is 0 Å². The molecule has 0 atom stereocenters. The van der Waals surface area contributed by atoms with E-state index >= 15 is 0 Å². The van der Waals surface area contributed by atoms with Crippen molar-refractivity contribution in [2.45, 2.75) is 40.2 Å². The minimum Gasteiger partial charge on any atom is -0.382 e. The van der Waals surface area contributed by atoms with Gasteiger partial charge in [-0.25, -0.2) is 0 Å². The van der Waals surface area contributed by atoms with E-state index in [0.717, 1.165) is 50.6 Å². The molecule has 0 aromatic carbocycles. The van der Waals surface area contributed by atoms with Crippen LogP contribution < -0.4 is 5.32 Å². The highest BCUT2D eigenvalue weighted by Crippen LogP contribution is 2.11. The Morgan fingerprint density at radius 1 is 1.29 bits per heavy atom. The predicted octanol–water partition coefficient (Wildman–Crippen LogP) is 2.62. The number of halogens is 1. The average Bonchev–Trinajstić information content (AvgIpc) is 2.59. The highest BCUT2D eigenvalue weighted by atomic mass is 35.5. The van der Waals surface area contributed by atoms with Crippen molar-refractivity contribution < 1.29 is 9.26 Å². The van der Waals surface area contributed by atoms with E-state index in [1.54, 1.807) is 0 Å². The highest BCUT2D eigenvalue weighted by Gasteiger charge is 2.07. The van der Waals surface area contributed by atoms with E-state index in [9.17, 15) is 0 Å². The van der Waals surface area contributed by atoms with Gasteiger partial charge in [-0.2, -0.15) is 0 Å². The normalized spacial score (nSPS) is 10.3. The Labute approximate surface area is 109 Å². The Balaban J connectivity index is 0.00000256. The van der Waals surface area contributed by atoms with Crippen LogP contribution in [-0.4, -0.2) is 24.9 Å². The maximum absolute atomic E-state index is 5.27. The number of ether oxygens (including phenoxy) is 1. The second kappa shape index (κ2) is 9.45. The molecule has 4 nitrogen and oxygen atoms in total. The van der Waals surface area contributed by atoms with Gasteiger partial charge in [0, 0.05) is 25.3 Å². The van der Waals surface area contributed by atoms with E-state index in [1.807, 2.05) is 20.8 Å². The quantitative estimate of drug-likeness (QED) is 0.732. The summed E-state index contributed by atoms with van der Waals surface area (Å²) in [5.74, 6) is 0.916. The van der Waals surface area contributed by atoms with Crippen LogP contribution in [0.3, 0.4) is 0 Å². The molecule has 1 N–H and O–H groups in total. The number of aryl methyl sites for hydroxylation is 2. The van der Waals surface area contributed by atoms with Crippen LogP contribution >= 0.6 is 12.4 Å². The van der Waals surface area contributed by atoms with Crippen molar-refractivity contribution in [1.82, 2.24) is 10.5 Å². The molecule has 0 saturated heterocycles. The van der Waals surface area contributed by atoms with Crippen molar-refractivity contribution >= 4 is 12.4 Å². The Morgan fingerprint density at radius 2 is 2.06 bits per heavy atom. The topological polar surface area (TPSA) is 47.3 Å². The third-order valence-electron chi connectivity index (χ3n) is 2.58. The zero-order valence-corrected chi connectivity index (χ0v) is 11.7. The maximum atomic E-state index is 5.27. The highest BCUT2D eigenvalue weighted by molar-refractivity contribution is 5.85. The van der Waals surface area contributed by atoms with Crippen LogP contribution in [0.2, 0.25) is 0 Å². The molecule has 1 heterocycles. The lowest BCUT2D eigenvalue weighted by Crippen LogP contribution is -2.16. The lowest BCUT2D eigenvalue weighted by atomic mass is 10.2. The van der Waals surface area contributed by atoms with E-state index in [0.29, 0.717) is 0 Å². The van der Waals surface area contributed by atoms with Crippen molar-refractivity contribution in [3.8, 4) is 0 Å². The van der Waals surface area contributed by atoms with E-state index in [-0.39, 0.29) is 12.4 Å². The van der Waals surface area contributed by atoms with E-state index in [1.165, 1.54) is 5.56 Å². The molecule has 0 bridgehead atoms. The summed E-state index contributed by atoms with van der Waals surface area (Å²) in [6.45, 7) is 9.48. The fourth-order valence-corrected chi connectivity index (χ4v) is 1.57. The number of aromatic nitrogens is 1. The van der Waals surface area contributed by atoms with Gasteiger partial charge in [0.1, 0.15) is 5.76 Å². The summed E-state index contributed by atoms with van der Waals surface area (Å²) in [6, 6.07) is 0. The zero-order valence-electron chi connectivity index (χ0n) is 10.9. The van der Waals surface area contributed by atoms with Crippen LogP contribution in [0.15, 0.2) is 4.52 Å². The first-order valence-corrected chi connectivity index (χ1v) is 5.96. The standard InChI is InChI=1S/C12H22N2O2.ClH/c1-4-15-8-6-5-7-13-9-12-10(2)14-16-11(12)3;/h13H,4-9H2,1-3H3;1H. The van der Waals surface area contributed by atoms with Gasteiger partial charge in [-0.05, 0) is 40.2 Å². The fraction of sp³-hybridized carbons (Fsp3) is 0.750. The molecule has 0 spiro atoms. The SMILES string of the molecule is CCOCCCCNCc1c(C)noc1C.Cl. The number of hydrogen-bond donors (Lipinski definition) is 1. The third-order valence-corrected chi connectivity index (χ3v) is 2.58. The zero-order chi connectivity index (χ0) is 11.8. The molecule has 0 aliphatic heterocycles. The molecule has 0 saturated carbocycles. The third kappa shape index (κ3) is 6.05. The first kappa shape index (κ1) is 16.4. The molecule has 1 rings (SSSR count). The lowest BCUT2D eigenvalue weighted by molar-refractivity contribution is 0.143. The first-order valence-electron chi connectivity index (χ1n) is 5.96. The molecule has 17 heavy (non-hydrogen) atoms. The molecule has 100 valence electrons. The van der Waals surface area contributed by atoms with Gasteiger partial charge in [-0.3, -0.25) is 0 Å². The van der Waals surface area contributed by atoms with Crippen LogP contribution in [0.4, 0.5) is 0 Å². The molecule has 0 radical (unpaired) electrons.